The van der Waals surface area contributed by atoms with E-state index in [1.165, 1.54) is 19.3 Å². The highest BCUT2D eigenvalue weighted by molar-refractivity contribution is 5.97. The van der Waals surface area contributed by atoms with Gasteiger partial charge >= 0.3 is 0 Å². The van der Waals surface area contributed by atoms with Crippen molar-refractivity contribution in [2.75, 3.05) is 0 Å². The Labute approximate surface area is 134 Å². The van der Waals surface area contributed by atoms with E-state index < -0.39 is 0 Å². The Hall–Kier alpha value is -2.56. The van der Waals surface area contributed by atoms with Crippen molar-refractivity contribution in [1.82, 2.24) is 20.3 Å². The average Bonchev–Trinajstić information content (AvgIpc) is 3.25. The summed E-state index contributed by atoms with van der Waals surface area (Å²) in [6, 6.07) is 6.22. The van der Waals surface area contributed by atoms with Gasteiger partial charge in [-0.15, -0.1) is 0 Å². The predicted molar refractivity (Wildman–Crippen MR) is 90.2 cm³/mol. The van der Waals surface area contributed by atoms with Crippen LogP contribution in [0.25, 0.3) is 22.2 Å². The van der Waals surface area contributed by atoms with Crippen LogP contribution in [0.3, 0.4) is 0 Å². The molecule has 1 fully saturated rings. The van der Waals surface area contributed by atoms with Gasteiger partial charge in [-0.1, -0.05) is 19.3 Å². The first kappa shape index (κ1) is 14.1. The Morgan fingerprint density at radius 3 is 2.91 bits per heavy atom. The molecule has 3 aromatic heterocycles. The van der Waals surface area contributed by atoms with Crippen LogP contribution in [-0.4, -0.2) is 26.9 Å². The summed E-state index contributed by atoms with van der Waals surface area (Å²) >= 11 is 0. The van der Waals surface area contributed by atoms with Gasteiger partial charge in [0.15, 0.2) is 0 Å². The number of rotatable bonds is 3. The second-order valence-corrected chi connectivity index (χ2v) is 6.21. The molecule has 0 atom stereocenters. The molecule has 0 radical (unpaired) electrons. The number of aromatic amines is 2. The number of nitrogens with one attached hydrogen (secondary N) is 3. The van der Waals surface area contributed by atoms with E-state index in [4.69, 9.17) is 0 Å². The average molecular weight is 308 g/mol. The number of carbonyl (C=O) groups excluding carboxylic acids is 1. The smallest absolute Gasteiger partial charge is 0.267 e. The largest absolute Gasteiger partial charge is 0.357 e. The number of H-pyrrole nitrogens is 2. The SMILES string of the molecule is O=C(NC1CCCCC1)c1cc(-c2ccnc3[nH]ccc23)c[nH]1. The highest BCUT2D eigenvalue weighted by Gasteiger charge is 2.18. The van der Waals surface area contributed by atoms with Crippen LogP contribution < -0.4 is 5.32 Å². The van der Waals surface area contributed by atoms with Crippen LogP contribution in [-0.2, 0) is 0 Å². The molecule has 0 unspecified atom stereocenters. The second-order valence-electron chi connectivity index (χ2n) is 6.21. The van der Waals surface area contributed by atoms with Crippen LogP contribution in [0.2, 0.25) is 0 Å². The van der Waals surface area contributed by atoms with E-state index in [0.717, 1.165) is 35.0 Å². The Kier molecular flexibility index (Phi) is 3.61. The van der Waals surface area contributed by atoms with Crippen LogP contribution in [0, 0.1) is 0 Å². The lowest BCUT2D eigenvalue weighted by Gasteiger charge is -2.22. The molecule has 0 bridgehead atoms. The van der Waals surface area contributed by atoms with Gasteiger partial charge in [-0.2, -0.15) is 0 Å². The number of amides is 1. The molecule has 5 heteroatoms. The zero-order chi connectivity index (χ0) is 15.6. The Bertz CT molecular complexity index is 826. The molecule has 23 heavy (non-hydrogen) atoms. The van der Waals surface area contributed by atoms with Gasteiger partial charge in [0.1, 0.15) is 11.3 Å². The van der Waals surface area contributed by atoms with Crippen LogP contribution in [0.4, 0.5) is 0 Å². The standard InChI is InChI=1S/C18H20N4O/c23-18(22-13-4-2-1-3-5-13)16-10-12(11-21-16)14-6-8-19-17-15(14)7-9-20-17/h6-11,13,21H,1-5H2,(H,19,20)(H,22,23). The maximum atomic E-state index is 12.4. The van der Waals surface area contributed by atoms with Gasteiger partial charge in [0.05, 0.1) is 0 Å². The number of pyridine rings is 1. The molecule has 5 nitrogen and oxygen atoms in total. The molecule has 4 rings (SSSR count). The maximum Gasteiger partial charge on any atom is 0.267 e. The van der Waals surface area contributed by atoms with Crippen LogP contribution in [0.15, 0.2) is 36.8 Å². The highest BCUT2D eigenvalue weighted by Crippen LogP contribution is 2.27. The first-order chi connectivity index (χ1) is 11.3. The van der Waals surface area contributed by atoms with E-state index in [9.17, 15) is 4.79 Å². The molecule has 3 heterocycles. The van der Waals surface area contributed by atoms with Crippen molar-refractivity contribution < 1.29 is 4.79 Å². The van der Waals surface area contributed by atoms with E-state index in [-0.39, 0.29) is 5.91 Å². The van der Waals surface area contributed by atoms with Crippen molar-refractivity contribution >= 4 is 16.9 Å². The molecule has 1 amide bonds. The molecule has 1 saturated carbocycles. The lowest BCUT2D eigenvalue weighted by atomic mass is 9.95. The minimum Gasteiger partial charge on any atom is -0.357 e. The lowest BCUT2D eigenvalue weighted by Crippen LogP contribution is -2.36. The molecular weight excluding hydrogens is 288 g/mol. The van der Waals surface area contributed by atoms with Crippen LogP contribution >= 0.6 is 0 Å². The Morgan fingerprint density at radius 1 is 1.17 bits per heavy atom. The van der Waals surface area contributed by atoms with E-state index in [1.807, 2.05) is 30.6 Å². The fourth-order valence-corrected chi connectivity index (χ4v) is 3.40. The third kappa shape index (κ3) is 2.74. The molecule has 0 spiro atoms. The third-order valence-electron chi connectivity index (χ3n) is 4.64. The zero-order valence-corrected chi connectivity index (χ0v) is 12.9. The van der Waals surface area contributed by atoms with Crippen LogP contribution in [0.1, 0.15) is 42.6 Å². The summed E-state index contributed by atoms with van der Waals surface area (Å²) in [5.41, 5.74) is 3.55. The summed E-state index contributed by atoms with van der Waals surface area (Å²) < 4.78 is 0. The number of hydrogen-bond acceptors (Lipinski definition) is 2. The highest BCUT2D eigenvalue weighted by atomic mass is 16.1. The first-order valence-corrected chi connectivity index (χ1v) is 8.23. The summed E-state index contributed by atoms with van der Waals surface area (Å²) in [6.45, 7) is 0. The minimum atomic E-state index is -0.0116. The third-order valence-corrected chi connectivity index (χ3v) is 4.64. The molecule has 1 aliphatic carbocycles. The van der Waals surface area contributed by atoms with Crippen molar-refractivity contribution in [3.8, 4) is 11.1 Å². The zero-order valence-electron chi connectivity index (χ0n) is 12.9. The monoisotopic (exact) mass is 308 g/mol. The van der Waals surface area contributed by atoms with Gasteiger partial charge in [0, 0.05) is 35.6 Å². The molecule has 0 aromatic carbocycles. The second kappa shape index (κ2) is 5.91. The number of fused-ring (bicyclic) bond motifs is 1. The maximum absolute atomic E-state index is 12.4. The summed E-state index contributed by atoms with van der Waals surface area (Å²) in [5.74, 6) is -0.0116. The molecular formula is C18H20N4O. The van der Waals surface area contributed by atoms with Crippen molar-refractivity contribution in [3.05, 3.63) is 42.5 Å². The number of nitrogens with zero attached hydrogens (tertiary/aromatic N) is 1. The van der Waals surface area contributed by atoms with Gasteiger partial charge in [0.25, 0.3) is 5.91 Å². The molecule has 0 saturated heterocycles. The van der Waals surface area contributed by atoms with Crippen molar-refractivity contribution in [1.29, 1.82) is 0 Å². The van der Waals surface area contributed by atoms with Gasteiger partial charge in [-0.3, -0.25) is 4.79 Å². The summed E-state index contributed by atoms with van der Waals surface area (Å²) in [6.07, 6.45) is 11.4. The van der Waals surface area contributed by atoms with E-state index in [0.29, 0.717) is 11.7 Å². The van der Waals surface area contributed by atoms with E-state index in [2.05, 4.69) is 20.3 Å². The van der Waals surface area contributed by atoms with Gasteiger partial charge < -0.3 is 15.3 Å². The molecule has 118 valence electrons. The molecule has 3 N–H and O–H groups in total. The Balaban J connectivity index is 1.56. The van der Waals surface area contributed by atoms with E-state index >= 15 is 0 Å². The van der Waals surface area contributed by atoms with Gasteiger partial charge in [0.2, 0.25) is 0 Å². The minimum absolute atomic E-state index is 0.0116. The predicted octanol–water partition coefficient (Wildman–Crippen LogP) is 3.62. The fraction of sp³-hybridized carbons (Fsp3) is 0.333. The molecule has 1 aliphatic rings. The number of aromatic nitrogens is 3. The quantitative estimate of drug-likeness (QED) is 0.691. The molecule has 3 aromatic rings. The summed E-state index contributed by atoms with van der Waals surface area (Å²) in [5, 5.41) is 4.20. The van der Waals surface area contributed by atoms with Crippen molar-refractivity contribution in [3.63, 3.8) is 0 Å². The first-order valence-electron chi connectivity index (χ1n) is 8.23. The number of carbonyl (C=O) groups is 1. The fourth-order valence-electron chi connectivity index (χ4n) is 3.40. The van der Waals surface area contributed by atoms with E-state index in [1.54, 1.807) is 6.20 Å². The van der Waals surface area contributed by atoms with Crippen molar-refractivity contribution in [2.45, 2.75) is 38.1 Å². The van der Waals surface area contributed by atoms with Crippen LogP contribution in [0.5, 0.6) is 0 Å². The lowest BCUT2D eigenvalue weighted by molar-refractivity contribution is 0.0923. The number of hydrogen-bond donors (Lipinski definition) is 3. The van der Waals surface area contributed by atoms with Gasteiger partial charge in [-0.25, -0.2) is 4.98 Å². The Morgan fingerprint density at radius 2 is 2.04 bits per heavy atom. The molecule has 0 aliphatic heterocycles. The normalized spacial score (nSPS) is 15.8. The summed E-state index contributed by atoms with van der Waals surface area (Å²) in [7, 11) is 0. The topological polar surface area (TPSA) is 73.6 Å². The van der Waals surface area contributed by atoms with Gasteiger partial charge in [-0.05, 0) is 36.6 Å². The van der Waals surface area contributed by atoms with Crippen molar-refractivity contribution in [2.24, 2.45) is 0 Å². The summed E-state index contributed by atoms with van der Waals surface area (Å²) in [4.78, 5) is 22.9.